The van der Waals surface area contributed by atoms with Crippen molar-refractivity contribution in [3.05, 3.63) is 0 Å². The Bertz CT molecular complexity index is 224. The number of ether oxygens (including phenoxy) is 1. The molecule has 0 aromatic carbocycles. The van der Waals surface area contributed by atoms with Gasteiger partial charge in [0.2, 0.25) is 0 Å². The van der Waals surface area contributed by atoms with E-state index in [0.717, 1.165) is 6.42 Å². The van der Waals surface area contributed by atoms with Gasteiger partial charge in [-0.15, -0.1) is 0 Å². The normalized spacial score (nSPS) is 52.8. The van der Waals surface area contributed by atoms with Crippen molar-refractivity contribution in [1.29, 1.82) is 0 Å². The molecule has 2 aliphatic carbocycles. The first-order valence-electron chi connectivity index (χ1n) is 5.16. The summed E-state index contributed by atoms with van der Waals surface area (Å²) < 4.78 is 5.41. The van der Waals surface area contributed by atoms with Crippen LogP contribution in [0, 0.1) is 16.7 Å². The molecule has 2 fully saturated rings. The minimum atomic E-state index is -0.272. The van der Waals surface area contributed by atoms with Gasteiger partial charge >= 0.3 is 0 Å². The van der Waals surface area contributed by atoms with Crippen LogP contribution in [0.1, 0.15) is 33.6 Å². The highest BCUT2D eigenvalue weighted by atomic mass is 16.5. The first-order chi connectivity index (χ1) is 5.95. The molecule has 0 unspecified atom stereocenters. The van der Waals surface area contributed by atoms with Gasteiger partial charge in [-0.1, -0.05) is 20.8 Å². The van der Waals surface area contributed by atoms with E-state index in [1.165, 1.54) is 6.42 Å². The van der Waals surface area contributed by atoms with Crippen molar-refractivity contribution in [2.45, 2.75) is 45.8 Å². The van der Waals surface area contributed by atoms with Crippen molar-refractivity contribution in [1.82, 2.24) is 0 Å². The van der Waals surface area contributed by atoms with Crippen molar-refractivity contribution < 1.29 is 9.84 Å². The first-order valence-corrected chi connectivity index (χ1v) is 5.16. The molecule has 0 aromatic heterocycles. The van der Waals surface area contributed by atoms with Crippen LogP contribution in [0.3, 0.4) is 0 Å². The molecule has 0 amide bonds. The standard InChI is InChI=1S/C11H20O2/c1-10(2)7-5-6-11(10,3)9(12)8(7)13-4/h7-9,12H,5-6H2,1-4H3/t7-,8-,9-,11+/m1/s1. The monoisotopic (exact) mass is 184 g/mol. The zero-order valence-corrected chi connectivity index (χ0v) is 9.00. The Kier molecular flexibility index (Phi) is 1.81. The van der Waals surface area contributed by atoms with Crippen LogP contribution in [0.4, 0.5) is 0 Å². The van der Waals surface area contributed by atoms with Crippen LogP contribution in [0.25, 0.3) is 0 Å². The summed E-state index contributed by atoms with van der Waals surface area (Å²) in [6, 6.07) is 0. The Balaban J connectivity index is 2.39. The summed E-state index contributed by atoms with van der Waals surface area (Å²) >= 11 is 0. The van der Waals surface area contributed by atoms with Crippen molar-refractivity contribution in [2.24, 2.45) is 16.7 Å². The van der Waals surface area contributed by atoms with E-state index in [-0.39, 0.29) is 23.0 Å². The first kappa shape index (κ1) is 9.47. The number of fused-ring (bicyclic) bond motifs is 2. The number of aliphatic hydroxyl groups is 1. The summed E-state index contributed by atoms with van der Waals surface area (Å²) in [5.74, 6) is 0.539. The average molecular weight is 184 g/mol. The van der Waals surface area contributed by atoms with Gasteiger partial charge in [-0.2, -0.15) is 0 Å². The van der Waals surface area contributed by atoms with E-state index in [4.69, 9.17) is 4.74 Å². The van der Waals surface area contributed by atoms with E-state index in [1.54, 1.807) is 7.11 Å². The molecule has 0 aromatic rings. The summed E-state index contributed by atoms with van der Waals surface area (Å²) in [7, 11) is 1.72. The molecule has 2 heteroatoms. The average Bonchev–Trinajstić information content (AvgIpc) is 2.36. The highest BCUT2D eigenvalue weighted by Gasteiger charge is 2.66. The van der Waals surface area contributed by atoms with Gasteiger partial charge in [-0.3, -0.25) is 0 Å². The number of hydrogen-bond acceptors (Lipinski definition) is 2. The third-order valence-corrected chi connectivity index (χ3v) is 5.01. The van der Waals surface area contributed by atoms with E-state index in [1.807, 2.05) is 0 Å². The predicted octanol–water partition coefficient (Wildman–Crippen LogP) is 1.82. The van der Waals surface area contributed by atoms with Gasteiger partial charge in [0.25, 0.3) is 0 Å². The Morgan fingerprint density at radius 1 is 1.31 bits per heavy atom. The maximum atomic E-state index is 10.1. The molecule has 2 saturated carbocycles. The number of methoxy groups -OCH3 is 1. The highest BCUT2D eigenvalue weighted by molar-refractivity contribution is 5.15. The molecule has 2 nitrogen and oxygen atoms in total. The lowest BCUT2D eigenvalue weighted by Crippen LogP contribution is -2.40. The zero-order chi connectivity index (χ0) is 9.85. The molecule has 2 rings (SSSR count). The molecule has 76 valence electrons. The maximum Gasteiger partial charge on any atom is 0.0869 e. The fraction of sp³-hybridized carbons (Fsp3) is 1.00. The summed E-state index contributed by atoms with van der Waals surface area (Å²) in [4.78, 5) is 0. The number of aliphatic hydroxyl groups excluding tert-OH is 1. The van der Waals surface area contributed by atoms with Gasteiger partial charge in [-0.25, -0.2) is 0 Å². The summed E-state index contributed by atoms with van der Waals surface area (Å²) in [6.45, 7) is 6.75. The molecule has 0 saturated heterocycles. The van der Waals surface area contributed by atoms with Crippen LogP contribution in [0.2, 0.25) is 0 Å². The summed E-state index contributed by atoms with van der Waals surface area (Å²) in [5.41, 5.74) is 0.297. The second kappa shape index (κ2) is 2.48. The third-order valence-electron chi connectivity index (χ3n) is 5.01. The highest BCUT2D eigenvalue weighted by Crippen LogP contribution is 2.65. The van der Waals surface area contributed by atoms with Crippen molar-refractivity contribution in [3.8, 4) is 0 Å². The van der Waals surface area contributed by atoms with E-state index < -0.39 is 0 Å². The second-order valence-electron chi connectivity index (χ2n) is 5.43. The minimum absolute atomic E-state index is 0.0637. The molecule has 2 bridgehead atoms. The van der Waals surface area contributed by atoms with Crippen molar-refractivity contribution >= 4 is 0 Å². The SMILES string of the molecule is CO[C@@H]1[C@H]2CC[C@@](C)([C@@H]1O)C2(C)C. The van der Waals surface area contributed by atoms with Crippen LogP contribution < -0.4 is 0 Å². The molecule has 0 heterocycles. The second-order valence-corrected chi connectivity index (χ2v) is 5.43. The number of rotatable bonds is 1. The Hall–Kier alpha value is -0.0800. The van der Waals surface area contributed by atoms with Crippen LogP contribution in [0.5, 0.6) is 0 Å². The van der Waals surface area contributed by atoms with Gasteiger partial charge in [0.15, 0.2) is 0 Å². The number of hydrogen-bond donors (Lipinski definition) is 1. The maximum absolute atomic E-state index is 10.1. The molecule has 0 spiro atoms. The van der Waals surface area contributed by atoms with Gasteiger partial charge in [0.05, 0.1) is 12.2 Å². The topological polar surface area (TPSA) is 29.5 Å². The Morgan fingerprint density at radius 2 is 1.92 bits per heavy atom. The molecule has 2 aliphatic rings. The fourth-order valence-electron chi connectivity index (χ4n) is 3.54. The lowest BCUT2D eigenvalue weighted by molar-refractivity contribution is -0.0691. The molecular formula is C11H20O2. The molecule has 4 atom stereocenters. The van der Waals surface area contributed by atoms with E-state index in [9.17, 15) is 5.11 Å². The van der Waals surface area contributed by atoms with E-state index >= 15 is 0 Å². The molecule has 0 aliphatic heterocycles. The van der Waals surface area contributed by atoms with Gasteiger partial charge < -0.3 is 9.84 Å². The van der Waals surface area contributed by atoms with Crippen molar-refractivity contribution in [3.63, 3.8) is 0 Å². The predicted molar refractivity (Wildman–Crippen MR) is 51.4 cm³/mol. The smallest absolute Gasteiger partial charge is 0.0869 e. The minimum Gasteiger partial charge on any atom is -0.390 e. The summed E-state index contributed by atoms with van der Waals surface area (Å²) in [6.07, 6.45) is 2.14. The van der Waals surface area contributed by atoms with Crippen LogP contribution >= 0.6 is 0 Å². The van der Waals surface area contributed by atoms with Crippen molar-refractivity contribution in [2.75, 3.05) is 7.11 Å². The van der Waals surface area contributed by atoms with Crippen LogP contribution in [-0.2, 0) is 4.74 Å². The van der Waals surface area contributed by atoms with Gasteiger partial charge in [-0.05, 0) is 24.2 Å². The fourth-order valence-corrected chi connectivity index (χ4v) is 3.54. The quantitative estimate of drug-likeness (QED) is 0.673. The lowest BCUT2D eigenvalue weighted by atomic mass is 9.70. The third kappa shape index (κ3) is 0.861. The zero-order valence-electron chi connectivity index (χ0n) is 9.00. The Morgan fingerprint density at radius 3 is 2.23 bits per heavy atom. The molecule has 0 radical (unpaired) electrons. The lowest BCUT2D eigenvalue weighted by Gasteiger charge is -2.36. The van der Waals surface area contributed by atoms with Gasteiger partial charge in [0.1, 0.15) is 0 Å². The Labute approximate surface area is 80.3 Å². The van der Waals surface area contributed by atoms with Gasteiger partial charge in [0, 0.05) is 12.5 Å². The van der Waals surface area contributed by atoms with Crippen LogP contribution in [0.15, 0.2) is 0 Å². The van der Waals surface area contributed by atoms with E-state index in [2.05, 4.69) is 20.8 Å². The van der Waals surface area contributed by atoms with E-state index in [0.29, 0.717) is 5.92 Å². The van der Waals surface area contributed by atoms with Crippen LogP contribution in [-0.4, -0.2) is 24.4 Å². The molecule has 1 N–H and O–H groups in total. The molecule has 13 heavy (non-hydrogen) atoms. The molecular weight excluding hydrogens is 164 g/mol. The largest absolute Gasteiger partial charge is 0.390 e. The summed E-state index contributed by atoms with van der Waals surface area (Å²) in [5, 5.41) is 10.1.